The highest BCUT2D eigenvalue weighted by Gasteiger charge is 2.21. The van der Waals surface area contributed by atoms with E-state index in [1.807, 2.05) is 18.2 Å². The van der Waals surface area contributed by atoms with E-state index in [-0.39, 0.29) is 11.4 Å². The zero-order valence-electron chi connectivity index (χ0n) is 11.4. The number of primary amides is 2. The molecule has 1 aliphatic rings. The van der Waals surface area contributed by atoms with E-state index >= 15 is 0 Å². The molecule has 0 aliphatic heterocycles. The molecule has 3 amide bonds. The SMILES string of the molecule is NC(=O)Nc1[nH]c2cc(CNC3CC3)ccc2c1C(N)=O. The van der Waals surface area contributed by atoms with Gasteiger partial charge in [-0.3, -0.25) is 10.1 Å². The number of aromatic nitrogens is 1. The van der Waals surface area contributed by atoms with Gasteiger partial charge in [-0.2, -0.15) is 0 Å². The highest BCUT2D eigenvalue weighted by Crippen LogP contribution is 2.27. The number of carbonyl (C=O) groups is 2. The lowest BCUT2D eigenvalue weighted by molar-refractivity contribution is 0.100. The maximum Gasteiger partial charge on any atom is 0.317 e. The molecule has 0 atom stereocenters. The Balaban J connectivity index is 1.96. The zero-order chi connectivity index (χ0) is 15.0. The standard InChI is InChI=1S/C14H17N5O2/c15-12(20)11-9-4-1-7(6-17-8-2-3-8)5-10(9)18-13(11)19-14(16)21/h1,4-5,8,17-18H,2-3,6H2,(H2,15,20)(H3,16,19,21). The van der Waals surface area contributed by atoms with Gasteiger partial charge < -0.3 is 21.8 Å². The van der Waals surface area contributed by atoms with E-state index in [1.165, 1.54) is 12.8 Å². The summed E-state index contributed by atoms with van der Waals surface area (Å²) in [5.74, 6) is -0.383. The van der Waals surface area contributed by atoms with Gasteiger partial charge in [-0.15, -0.1) is 0 Å². The summed E-state index contributed by atoms with van der Waals surface area (Å²) >= 11 is 0. The molecule has 21 heavy (non-hydrogen) atoms. The Morgan fingerprint density at radius 1 is 1.29 bits per heavy atom. The molecule has 7 nitrogen and oxygen atoms in total. The average Bonchev–Trinajstić information content (AvgIpc) is 3.16. The predicted molar refractivity (Wildman–Crippen MR) is 79.9 cm³/mol. The summed E-state index contributed by atoms with van der Waals surface area (Å²) in [5, 5.41) is 6.48. The van der Waals surface area contributed by atoms with Gasteiger partial charge in [0, 0.05) is 23.5 Å². The molecule has 7 N–H and O–H groups in total. The molecule has 1 aromatic carbocycles. The van der Waals surface area contributed by atoms with Crippen LogP contribution in [0.1, 0.15) is 28.8 Å². The first-order chi connectivity index (χ1) is 10.0. The minimum Gasteiger partial charge on any atom is -0.365 e. The molecule has 0 spiro atoms. The molecule has 1 fully saturated rings. The van der Waals surface area contributed by atoms with Gasteiger partial charge in [-0.25, -0.2) is 4.79 Å². The Hall–Kier alpha value is -2.54. The van der Waals surface area contributed by atoms with E-state index in [0.29, 0.717) is 11.4 Å². The fourth-order valence-corrected chi connectivity index (χ4v) is 2.38. The number of aromatic amines is 1. The molecule has 110 valence electrons. The van der Waals surface area contributed by atoms with E-state index in [1.54, 1.807) is 0 Å². The first-order valence-electron chi connectivity index (χ1n) is 6.79. The van der Waals surface area contributed by atoms with Crippen molar-refractivity contribution in [2.45, 2.75) is 25.4 Å². The van der Waals surface area contributed by atoms with Gasteiger partial charge in [0.1, 0.15) is 5.82 Å². The number of nitrogens with one attached hydrogen (secondary N) is 3. The lowest BCUT2D eigenvalue weighted by Crippen LogP contribution is -2.22. The fourth-order valence-electron chi connectivity index (χ4n) is 2.38. The first kappa shape index (κ1) is 13.4. The summed E-state index contributed by atoms with van der Waals surface area (Å²) in [6.45, 7) is 0.768. The minimum absolute atomic E-state index is 0.234. The van der Waals surface area contributed by atoms with Crippen LogP contribution in [0.25, 0.3) is 10.9 Å². The third-order valence-electron chi connectivity index (χ3n) is 3.53. The Labute approximate surface area is 121 Å². The van der Waals surface area contributed by atoms with Crippen molar-refractivity contribution in [2.24, 2.45) is 11.5 Å². The van der Waals surface area contributed by atoms with Crippen molar-refractivity contribution in [1.29, 1.82) is 0 Å². The molecule has 0 radical (unpaired) electrons. The Morgan fingerprint density at radius 3 is 2.67 bits per heavy atom. The third kappa shape index (κ3) is 2.82. The molecule has 1 heterocycles. The van der Waals surface area contributed by atoms with Crippen LogP contribution in [-0.4, -0.2) is 23.0 Å². The van der Waals surface area contributed by atoms with Crippen LogP contribution in [-0.2, 0) is 6.54 Å². The maximum absolute atomic E-state index is 11.6. The second-order valence-electron chi connectivity index (χ2n) is 5.26. The second kappa shape index (κ2) is 5.10. The topological polar surface area (TPSA) is 126 Å². The summed E-state index contributed by atoms with van der Waals surface area (Å²) in [6.07, 6.45) is 2.45. The van der Waals surface area contributed by atoms with Crippen LogP contribution < -0.4 is 22.1 Å². The van der Waals surface area contributed by atoms with Gasteiger partial charge in [-0.1, -0.05) is 12.1 Å². The maximum atomic E-state index is 11.6. The molecule has 1 aliphatic carbocycles. The van der Waals surface area contributed by atoms with E-state index < -0.39 is 11.9 Å². The van der Waals surface area contributed by atoms with Gasteiger partial charge in [-0.05, 0) is 24.5 Å². The molecule has 0 saturated heterocycles. The zero-order valence-corrected chi connectivity index (χ0v) is 11.4. The minimum atomic E-state index is -0.750. The molecular formula is C14H17N5O2. The smallest absolute Gasteiger partial charge is 0.317 e. The van der Waals surface area contributed by atoms with Gasteiger partial charge in [0.2, 0.25) is 0 Å². The summed E-state index contributed by atoms with van der Waals surface area (Å²) in [5.41, 5.74) is 12.6. The number of fused-ring (bicyclic) bond motifs is 1. The van der Waals surface area contributed by atoms with Crippen molar-refractivity contribution in [1.82, 2.24) is 10.3 Å². The van der Waals surface area contributed by atoms with Crippen molar-refractivity contribution in [3.05, 3.63) is 29.3 Å². The molecule has 0 bridgehead atoms. The molecular weight excluding hydrogens is 270 g/mol. The molecule has 3 rings (SSSR count). The van der Waals surface area contributed by atoms with Crippen LogP contribution in [0, 0.1) is 0 Å². The summed E-state index contributed by atoms with van der Waals surface area (Å²) in [6, 6.07) is 5.56. The highest BCUT2D eigenvalue weighted by molar-refractivity contribution is 6.12. The number of anilines is 1. The summed E-state index contributed by atoms with van der Waals surface area (Å²) in [7, 11) is 0. The number of carbonyl (C=O) groups excluding carboxylic acids is 2. The number of hydrogen-bond donors (Lipinski definition) is 5. The number of amides is 3. The van der Waals surface area contributed by atoms with E-state index in [4.69, 9.17) is 11.5 Å². The number of benzene rings is 1. The lowest BCUT2D eigenvalue weighted by atomic mass is 10.1. The van der Waals surface area contributed by atoms with Crippen molar-refractivity contribution < 1.29 is 9.59 Å². The number of H-pyrrole nitrogens is 1. The van der Waals surface area contributed by atoms with E-state index in [9.17, 15) is 9.59 Å². The van der Waals surface area contributed by atoms with Crippen molar-refractivity contribution >= 4 is 28.7 Å². The quantitative estimate of drug-likeness (QED) is 0.563. The first-order valence-corrected chi connectivity index (χ1v) is 6.79. The lowest BCUT2D eigenvalue weighted by Gasteiger charge is -2.03. The Kier molecular flexibility index (Phi) is 3.26. The van der Waals surface area contributed by atoms with Crippen LogP contribution in [0.4, 0.5) is 10.6 Å². The number of urea groups is 1. The van der Waals surface area contributed by atoms with Crippen LogP contribution >= 0.6 is 0 Å². The van der Waals surface area contributed by atoms with E-state index in [0.717, 1.165) is 17.6 Å². The largest absolute Gasteiger partial charge is 0.365 e. The van der Waals surface area contributed by atoms with Crippen LogP contribution in [0.5, 0.6) is 0 Å². The number of hydrogen-bond acceptors (Lipinski definition) is 3. The van der Waals surface area contributed by atoms with Gasteiger partial charge >= 0.3 is 6.03 Å². The fraction of sp³-hybridized carbons (Fsp3) is 0.286. The predicted octanol–water partition coefficient (Wildman–Crippen LogP) is 1.01. The average molecular weight is 287 g/mol. The van der Waals surface area contributed by atoms with Crippen molar-refractivity contribution in [2.75, 3.05) is 5.32 Å². The highest BCUT2D eigenvalue weighted by atomic mass is 16.2. The van der Waals surface area contributed by atoms with Gasteiger partial charge in [0.05, 0.1) is 5.56 Å². The molecule has 1 saturated carbocycles. The van der Waals surface area contributed by atoms with Gasteiger partial charge in [0.15, 0.2) is 0 Å². The molecule has 2 aromatic rings. The Morgan fingerprint density at radius 2 is 2.05 bits per heavy atom. The summed E-state index contributed by atoms with van der Waals surface area (Å²) in [4.78, 5) is 25.6. The van der Waals surface area contributed by atoms with Crippen LogP contribution in [0.2, 0.25) is 0 Å². The van der Waals surface area contributed by atoms with Gasteiger partial charge in [0.25, 0.3) is 5.91 Å². The van der Waals surface area contributed by atoms with E-state index in [2.05, 4.69) is 15.6 Å². The monoisotopic (exact) mass is 287 g/mol. The van der Waals surface area contributed by atoms with Crippen LogP contribution in [0.3, 0.4) is 0 Å². The Bertz CT molecular complexity index is 717. The van der Waals surface area contributed by atoms with Crippen molar-refractivity contribution in [3.63, 3.8) is 0 Å². The number of rotatable bonds is 5. The summed E-state index contributed by atoms with van der Waals surface area (Å²) < 4.78 is 0. The third-order valence-corrected chi connectivity index (χ3v) is 3.53. The van der Waals surface area contributed by atoms with Crippen molar-refractivity contribution in [3.8, 4) is 0 Å². The second-order valence-corrected chi connectivity index (χ2v) is 5.26. The molecule has 0 unspecified atom stereocenters. The number of nitrogens with two attached hydrogens (primary N) is 2. The molecule has 1 aromatic heterocycles. The van der Waals surface area contributed by atoms with Crippen LogP contribution in [0.15, 0.2) is 18.2 Å². The normalized spacial score (nSPS) is 14.3. The molecule has 7 heteroatoms.